The van der Waals surface area contributed by atoms with Crippen LogP contribution in [0.2, 0.25) is 0 Å². The van der Waals surface area contributed by atoms with Crippen LogP contribution in [-0.2, 0) is 0 Å². The van der Waals surface area contributed by atoms with E-state index in [-0.39, 0.29) is 6.04 Å². The highest BCUT2D eigenvalue weighted by molar-refractivity contribution is 7.10. The van der Waals surface area contributed by atoms with Crippen molar-refractivity contribution in [2.75, 3.05) is 13.1 Å². The van der Waals surface area contributed by atoms with Crippen LogP contribution in [0.25, 0.3) is 0 Å². The first-order valence-corrected chi connectivity index (χ1v) is 6.24. The molecule has 2 nitrogen and oxygen atoms in total. The molecule has 1 aliphatic rings. The van der Waals surface area contributed by atoms with Gasteiger partial charge in [0.15, 0.2) is 0 Å². The molecule has 14 heavy (non-hydrogen) atoms. The molecule has 2 rings (SSSR count). The maximum Gasteiger partial charge on any atom is 0.0392 e. The Hall–Kier alpha value is -0.380. The summed E-state index contributed by atoms with van der Waals surface area (Å²) in [6.07, 6.45) is 3.74. The van der Waals surface area contributed by atoms with Crippen molar-refractivity contribution in [2.45, 2.75) is 25.3 Å². The summed E-state index contributed by atoms with van der Waals surface area (Å²) >= 11 is 1.78. The summed E-state index contributed by atoms with van der Waals surface area (Å²) in [5.41, 5.74) is 6.16. The van der Waals surface area contributed by atoms with Crippen LogP contribution in [-0.4, -0.2) is 13.1 Å². The molecule has 1 aliphatic heterocycles. The molecule has 1 fully saturated rings. The monoisotopic (exact) mass is 210 g/mol. The zero-order valence-corrected chi connectivity index (χ0v) is 9.22. The highest BCUT2D eigenvalue weighted by Crippen LogP contribution is 2.26. The predicted molar refractivity (Wildman–Crippen MR) is 61.5 cm³/mol. The van der Waals surface area contributed by atoms with Gasteiger partial charge in [0, 0.05) is 10.9 Å². The minimum absolute atomic E-state index is 0.262. The van der Waals surface area contributed by atoms with Crippen LogP contribution in [0.15, 0.2) is 17.5 Å². The topological polar surface area (TPSA) is 38.0 Å². The van der Waals surface area contributed by atoms with Gasteiger partial charge in [-0.15, -0.1) is 11.3 Å². The van der Waals surface area contributed by atoms with Crippen LogP contribution in [0.3, 0.4) is 0 Å². The number of rotatable bonds is 3. The number of nitrogens with one attached hydrogen (secondary N) is 1. The SMILES string of the molecule is NC(CC1CCNCC1)c1cccs1. The normalized spacial score (nSPS) is 20.9. The number of hydrogen-bond acceptors (Lipinski definition) is 3. The molecule has 1 aromatic rings. The van der Waals surface area contributed by atoms with Gasteiger partial charge in [0.05, 0.1) is 0 Å². The van der Waals surface area contributed by atoms with Gasteiger partial charge in [0.25, 0.3) is 0 Å². The Balaban J connectivity index is 1.84. The lowest BCUT2D eigenvalue weighted by Crippen LogP contribution is -2.29. The molecule has 0 aromatic carbocycles. The first-order chi connectivity index (χ1) is 6.86. The highest BCUT2D eigenvalue weighted by atomic mass is 32.1. The van der Waals surface area contributed by atoms with Gasteiger partial charge in [0.1, 0.15) is 0 Å². The van der Waals surface area contributed by atoms with Crippen molar-refractivity contribution in [1.82, 2.24) is 5.32 Å². The minimum atomic E-state index is 0.262. The predicted octanol–water partition coefficient (Wildman–Crippen LogP) is 2.14. The van der Waals surface area contributed by atoms with Crippen LogP contribution >= 0.6 is 11.3 Å². The molecule has 3 heteroatoms. The summed E-state index contributed by atoms with van der Waals surface area (Å²) < 4.78 is 0. The molecule has 1 unspecified atom stereocenters. The van der Waals surface area contributed by atoms with Gasteiger partial charge >= 0.3 is 0 Å². The molecule has 0 radical (unpaired) electrons. The molecular weight excluding hydrogens is 192 g/mol. The van der Waals surface area contributed by atoms with E-state index in [0.717, 1.165) is 12.3 Å². The molecule has 0 amide bonds. The molecule has 1 aromatic heterocycles. The Kier molecular flexibility index (Phi) is 3.56. The second-order valence-corrected chi connectivity index (χ2v) is 5.03. The fourth-order valence-corrected chi connectivity index (χ4v) is 2.84. The average molecular weight is 210 g/mol. The van der Waals surface area contributed by atoms with Crippen LogP contribution < -0.4 is 11.1 Å². The average Bonchev–Trinajstić information content (AvgIpc) is 2.72. The lowest BCUT2D eigenvalue weighted by Gasteiger charge is -2.24. The standard InChI is InChI=1S/C11H18N2S/c12-10(11-2-1-7-14-11)8-9-3-5-13-6-4-9/h1-2,7,9-10,13H,3-6,8,12H2. The molecule has 0 bridgehead atoms. The van der Waals surface area contributed by atoms with Crippen molar-refractivity contribution < 1.29 is 0 Å². The Labute approximate surface area is 89.5 Å². The summed E-state index contributed by atoms with van der Waals surface area (Å²) in [5, 5.41) is 5.49. The molecule has 0 spiro atoms. The maximum absolute atomic E-state index is 6.16. The largest absolute Gasteiger partial charge is 0.323 e. The van der Waals surface area contributed by atoms with Crippen molar-refractivity contribution >= 4 is 11.3 Å². The molecular formula is C11H18N2S. The van der Waals surface area contributed by atoms with Gasteiger partial charge in [-0.05, 0) is 49.7 Å². The summed E-state index contributed by atoms with van der Waals surface area (Å²) in [7, 11) is 0. The molecule has 0 saturated carbocycles. The summed E-state index contributed by atoms with van der Waals surface area (Å²) in [5.74, 6) is 0.827. The fourth-order valence-electron chi connectivity index (χ4n) is 2.09. The lowest BCUT2D eigenvalue weighted by atomic mass is 9.91. The first-order valence-electron chi connectivity index (χ1n) is 5.36. The minimum Gasteiger partial charge on any atom is -0.323 e. The van der Waals surface area contributed by atoms with Gasteiger partial charge in [-0.25, -0.2) is 0 Å². The zero-order valence-electron chi connectivity index (χ0n) is 8.41. The van der Waals surface area contributed by atoms with Crippen LogP contribution in [0.5, 0.6) is 0 Å². The van der Waals surface area contributed by atoms with E-state index >= 15 is 0 Å². The number of hydrogen-bond donors (Lipinski definition) is 2. The third-order valence-corrected chi connectivity index (χ3v) is 3.96. The molecule has 0 aliphatic carbocycles. The van der Waals surface area contributed by atoms with E-state index < -0.39 is 0 Å². The number of piperidine rings is 1. The lowest BCUT2D eigenvalue weighted by molar-refractivity contribution is 0.334. The summed E-state index contributed by atoms with van der Waals surface area (Å²) in [4.78, 5) is 1.34. The Morgan fingerprint density at radius 2 is 2.29 bits per heavy atom. The quantitative estimate of drug-likeness (QED) is 0.802. The smallest absolute Gasteiger partial charge is 0.0392 e. The highest BCUT2D eigenvalue weighted by Gasteiger charge is 2.17. The third kappa shape index (κ3) is 2.56. The van der Waals surface area contributed by atoms with E-state index in [4.69, 9.17) is 5.73 Å². The van der Waals surface area contributed by atoms with E-state index in [1.165, 1.54) is 30.8 Å². The molecule has 1 atom stereocenters. The zero-order chi connectivity index (χ0) is 9.80. The van der Waals surface area contributed by atoms with Crippen molar-refractivity contribution in [3.8, 4) is 0 Å². The molecule has 1 saturated heterocycles. The number of thiophene rings is 1. The Morgan fingerprint density at radius 3 is 2.93 bits per heavy atom. The van der Waals surface area contributed by atoms with E-state index in [1.807, 2.05) is 0 Å². The van der Waals surface area contributed by atoms with Crippen molar-refractivity contribution in [3.05, 3.63) is 22.4 Å². The van der Waals surface area contributed by atoms with Gasteiger partial charge < -0.3 is 11.1 Å². The second kappa shape index (κ2) is 4.91. The summed E-state index contributed by atoms with van der Waals surface area (Å²) in [6, 6.07) is 4.50. The summed E-state index contributed by atoms with van der Waals surface area (Å²) in [6.45, 7) is 2.34. The van der Waals surface area contributed by atoms with Crippen LogP contribution in [0.1, 0.15) is 30.2 Å². The first kappa shape index (κ1) is 10.1. The van der Waals surface area contributed by atoms with E-state index in [1.54, 1.807) is 11.3 Å². The van der Waals surface area contributed by atoms with Gasteiger partial charge in [-0.2, -0.15) is 0 Å². The Bertz CT molecular complexity index is 252. The third-order valence-electron chi connectivity index (χ3n) is 2.95. The number of nitrogens with two attached hydrogens (primary N) is 1. The van der Waals surface area contributed by atoms with E-state index in [2.05, 4.69) is 22.8 Å². The van der Waals surface area contributed by atoms with Crippen molar-refractivity contribution in [1.29, 1.82) is 0 Å². The van der Waals surface area contributed by atoms with Gasteiger partial charge in [-0.3, -0.25) is 0 Å². The molecule has 78 valence electrons. The van der Waals surface area contributed by atoms with Crippen LogP contribution in [0.4, 0.5) is 0 Å². The second-order valence-electron chi connectivity index (χ2n) is 4.05. The molecule has 2 heterocycles. The molecule has 3 N–H and O–H groups in total. The van der Waals surface area contributed by atoms with E-state index in [9.17, 15) is 0 Å². The van der Waals surface area contributed by atoms with Gasteiger partial charge in [0.2, 0.25) is 0 Å². The van der Waals surface area contributed by atoms with Crippen molar-refractivity contribution in [3.63, 3.8) is 0 Å². The van der Waals surface area contributed by atoms with Crippen molar-refractivity contribution in [2.24, 2.45) is 11.7 Å². The fraction of sp³-hybridized carbons (Fsp3) is 0.636. The Morgan fingerprint density at radius 1 is 1.50 bits per heavy atom. The van der Waals surface area contributed by atoms with Gasteiger partial charge in [-0.1, -0.05) is 6.07 Å². The van der Waals surface area contributed by atoms with E-state index in [0.29, 0.717) is 0 Å². The maximum atomic E-state index is 6.16. The van der Waals surface area contributed by atoms with Crippen LogP contribution in [0, 0.1) is 5.92 Å².